The van der Waals surface area contributed by atoms with Gasteiger partial charge in [-0.2, -0.15) is 0 Å². The Bertz CT molecular complexity index is 235. The molecule has 0 spiro atoms. The molecule has 0 fully saturated rings. The lowest BCUT2D eigenvalue weighted by Crippen LogP contribution is -1.97. The summed E-state index contributed by atoms with van der Waals surface area (Å²) < 4.78 is 0. The van der Waals surface area contributed by atoms with Gasteiger partial charge in [0.2, 0.25) is 0 Å². The molecule has 0 saturated heterocycles. The van der Waals surface area contributed by atoms with Crippen molar-refractivity contribution >= 4 is 0 Å². The highest BCUT2D eigenvalue weighted by molar-refractivity contribution is 4.86. The Morgan fingerprint density at radius 1 is 0.636 bits per heavy atom. The monoisotopic (exact) mass is 306 g/mol. The third kappa shape index (κ3) is 15.9. The van der Waals surface area contributed by atoms with Crippen LogP contribution in [0.15, 0.2) is 0 Å². The summed E-state index contributed by atoms with van der Waals surface area (Å²) in [5, 5.41) is 0. The van der Waals surface area contributed by atoms with E-state index < -0.39 is 0 Å². The van der Waals surface area contributed by atoms with Crippen molar-refractivity contribution in [2.45, 2.75) is 123 Å². The molecule has 22 heavy (non-hydrogen) atoms. The van der Waals surface area contributed by atoms with E-state index in [-0.39, 0.29) is 0 Å². The molecular weight excluding hydrogens is 264 g/mol. The predicted octanol–water partition coefficient (Wildman–Crippen LogP) is 7.91. The Balaban J connectivity index is 3.10. The second-order valence-corrected chi connectivity index (χ2v) is 7.07. The molecule has 0 aromatic rings. The summed E-state index contributed by atoms with van der Waals surface area (Å²) in [5.41, 5.74) is 0. The van der Waals surface area contributed by atoms with Gasteiger partial charge in [-0.25, -0.2) is 0 Å². The van der Waals surface area contributed by atoms with Crippen molar-refractivity contribution in [2.75, 3.05) is 0 Å². The third-order valence-corrected chi connectivity index (χ3v) is 4.95. The summed E-state index contributed by atoms with van der Waals surface area (Å²) >= 11 is 0. The normalized spacial score (nSPS) is 12.2. The van der Waals surface area contributed by atoms with Crippen LogP contribution in [0.5, 0.6) is 0 Å². The number of hydrogen-bond donors (Lipinski definition) is 0. The van der Waals surface area contributed by atoms with Crippen LogP contribution in [0.2, 0.25) is 0 Å². The molecule has 0 aliphatic heterocycles. The molecule has 0 amide bonds. The van der Waals surface area contributed by atoms with Crippen LogP contribution in [-0.4, -0.2) is 0 Å². The lowest BCUT2D eigenvalue weighted by Gasteiger charge is -2.10. The highest BCUT2D eigenvalue weighted by Crippen LogP contribution is 2.18. The molecule has 0 heteroatoms. The molecule has 0 aliphatic carbocycles. The van der Waals surface area contributed by atoms with Crippen molar-refractivity contribution in [2.24, 2.45) is 5.92 Å². The van der Waals surface area contributed by atoms with Crippen LogP contribution in [0.3, 0.4) is 0 Å². The minimum absolute atomic E-state index is 0.780. The number of unbranched alkanes of at least 4 members (excludes halogenated alkanes) is 13. The van der Waals surface area contributed by atoms with Crippen LogP contribution in [-0.2, 0) is 0 Å². The van der Waals surface area contributed by atoms with Gasteiger partial charge in [-0.15, -0.1) is 12.3 Å². The van der Waals surface area contributed by atoms with Gasteiger partial charge in [-0.1, -0.05) is 110 Å². The Hall–Kier alpha value is -0.440. The zero-order valence-electron chi connectivity index (χ0n) is 15.7. The topological polar surface area (TPSA) is 0 Å². The lowest BCUT2D eigenvalue weighted by atomic mass is 9.95. The summed E-state index contributed by atoms with van der Waals surface area (Å²) in [6, 6.07) is 0. The average Bonchev–Trinajstić information content (AvgIpc) is 2.54. The maximum atomic E-state index is 5.41. The zero-order chi connectivity index (χ0) is 16.3. The van der Waals surface area contributed by atoms with Crippen molar-refractivity contribution in [1.29, 1.82) is 0 Å². The van der Waals surface area contributed by atoms with E-state index in [1.807, 2.05) is 0 Å². The standard InChI is InChI=1S/C22H42/c1-4-7-8-9-10-11-12-13-14-15-16-17-18-19-21-22(6-3)20-5-2/h2,22H,4,6-21H2,1,3H3. The summed E-state index contributed by atoms with van der Waals surface area (Å²) in [7, 11) is 0. The van der Waals surface area contributed by atoms with Crippen LogP contribution in [0.4, 0.5) is 0 Å². The van der Waals surface area contributed by atoms with Gasteiger partial charge < -0.3 is 0 Å². The Morgan fingerprint density at radius 3 is 1.41 bits per heavy atom. The molecule has 0 rings (SSSR count). The maximum absolute atomic E-state index is 5.41. The molecular formula is C22H42. The van der Waals surface area contributed by atoms with Crippen molar-refractivity contribution in [1.82, 2.24) is 0 Å². The Labute approximate surface area is 141 Å². The second kappa shape index (κ2) is 18.6. The molecule has 0 aromatic heterocycles. The first-order chi connectivity index (χ1) is 10.8. The highest BCUT2D eigenvalue weighted by Gasteiger charge is 2.03. The van der Waals surface area contributed by atoms with Gasteiger partial charge in [0.1, 0.15) is 0 Å². The summed E-state index contributed by atoms with van der Waals surface area (Å²) in [5.74, 6) is 3.60. The first kappa shape index (κ1) is 21.6. The lowest BCUT2D eigenvalue weighted by molar-refractivity contribution is 0.445. The molecule has 0 nitrogen and oxygen atoms in total. The fourth-order valence-electron chi connectivity index (χ4n) is 3.24. The van der Waals surface area contributed by atoms with E-state index in [0.29, 0.717) is 0 Å². The molecule has 1 unspecified atom stereocenters. The quantitative estimate of drug-likeness (QED) is 0.189. The first-order valence-electron chi connectivity index (χ1n) is 10.3. The third-order valence-electron chi connectivity index (χ3n) is 4.95. The predicted molar refractivity (Wildman–Crippen MR) is 102 cm³/mol. The van der Waals surface area contributed by atoms with Crippen molar-refractivity contribution in [3.8, 4) is 12.3 Å². The van der Waals surface area contributed by atoms with Gasteiger partial charge in [0.25, 0.3) is 0 Å². The van der Waals surface area contributed by atoms with E-state index in [1.54, 1.807) is 0 Å². The smallest absolute Gasteiger partial charge is 0.0114 e. The van der Waals surface area contributed by atoms with E-state index in [9.17, 15) is 0 Å². The van der Waals surface area contributed by atoms with Crippen LogP contribution >= 0.6 is 0 Å². The number of rotatable bonds is 17. The molecule has 0 saturated carbocycles. The van der Waals surface area contributed by atoms with Crippen molar-refractivity contribution in [3.63, 3.8) is 0 Å². The fraction of sp³-hybridized carbons (Fsp3) is 0.909. The van der Waals surface area contributed by atoms with Gasteiger partial charge in [0.05, 0.1) is 0 Å². The summed E-state index contributed by atoms with van der Waals surface area (Å²) in [4.78, 5) is 0. The fourth-order valence-corrected chi connectivity index (χ4v) is 3.24. The molecule has 0 bridgehead atoms. The minimum atomic E-state index is 0.780. The van der Waals surface area contributed by atoms with Crippen LogP contribution < -0.4 is 0 Å². The largest absolute Gasteiger partial charge is 0.120 e. The van der Waals surface area contributed by atoms with Crippen molar-refractivity contribution < 1.29 is 0 Å². The molecule has 0 aliphatic rings. The van der Waals surface area contributed by atoms with E-state index in [0.717, 1.165) is 12.3 Å². The Kier molecular flexibility index (Phi) is 18.2. The maximum Gasteiger partial charge on any atom is 0.0114 e. The van der Waals surface area contributed by atoms with Gasteiger partial charge in [0.15, 0.2) is 0 Å². The van der Waals surface area contributed by atoms with E-state index >= 15 is 0 Å². The van der Waals surface area contributed by atoms with Gasteiger partial charge in [-0.3, -0.25) is 0 Å². The SMILES string of the molecule is C#CCC(CC)CCCCCCCCCCCCCCCC. The Morgan fingerprint density at radius 2 is 1.05 bits per heavy atom. The molecule has 130 valence electrons. The van der Waals surface area contributed by atoms with Gasteiger partial charge in [0, 0.05) is 6.42 Å². The molecule has 0 N–H and O–H groups in total. The van der Waals surface area contributed by atoms with Crippen LogP contribution in [0.1, 0.15) is 123 Å². The highest BCUT2D eigenvalue weighted by atomic mass is 14.1. The van der Waals surface area contributed by atoms with E-state index in [2.05, 4.69) is 19.8 Å². The molecule has 1 atom stereocenters. The first-order valence-corrected chi connectivity index (χ1v) is 10.3. The van der Waals surface area contributed by atoms with E-state index in [4.69, 9.17) is 6.42 Å². The summed E-state index contributed by atoms with van der Waals surface area (Å²) in [6.45, 7) is 4.56. The summed E-state index contributed by atoms with van der Waals surface area (Å²) in [6.07, 6.45) is 29.2. The van der Waals surface area contributed by atoms with E-state index in [1.165, 1.54) is 103 Å². The molecule has 0 heterocycles. The molecule has 0 aromatic carbocycles. The number of hydrogen-bond acceptors (Lipinski definition) is 0. The van der Waals surface area contributed by atoms with Crippen LogP contribution in [0.25, 0.3) is 0 Å². The molecule has 0 radical (unpaired) electrons. The van der Waals surface area contributed by atoms with Gasteiger partial charge >= 0.3 is 0 Å². The van der Waals surface area contributed by atoms with Crippen LogP contribution in [0, 0.1) is 18.3 Å². The number of terminal acetylenes is 1. The van der Waals surface area contributed by atoms with Crippen molar-refractivity contribution in [3.05, 3.63) is 0 Å². The van der Waals surface area contributed by atoms with Gasteiger partial charge in [-0.05, 0) is 12.3 Å². The zero-order valence-corrected chi connectivity index (χ0v) is 15.7. The average molecular weight is 307 g/mol. The second-order valence-electron chi connectivity index (χ2n) is 7.07. The minimum Gasteiger partial charge on any atom is -0.120 e.